The first-order chi connectivity index (χ1) is 14.3. The smallest absolute Gasteiger partial charge is 0.314 e. The topological polar surface area (TPSA) is 108 Å². The van der Waals surface area contributed by atoms with Crippen molar-refractivity contribution in [3.05, 3.63) is 94.0 Å². The maximum Gasteiger partial charge on any atom is 0.314 e. The highest BCUT2D eigenvalue weighted by Crippen LogP contribution is 2.39. The summed E-state index contributed by atoms with van der Waals surface area (Å²) in [5.41, 5.74) is 1.37. The van der Waals surface area contributed by atoms with Crippen molar-refractivity contribution < 1.29 is 22.8 Å². The van der Waals surface area contributed by atoms with Gasteiger partial charge in [-0.2, -0.15) is 0 Å². The van der Waals surface area contributed by atoms with E-state index in [-0.39, 0.29) is 36.1 Å². The minimum Gasteiger partial charge on any atom is -0.486 e. The van der Waals surface area contributed by atoms with E-state index in [1.807, 2.05) is 60.7 Å². The Balaban J connectivity index is 1.93. The van der Waals surface area contributed by atoms with Crippen molar-refractivity contribution in [2.24, 2.45) is 0 Å². The largest absolute Gasteiger partial charge is 0.486 e. The van der Waals surface area contributed by atoms with Crippen molar-refractivity contribution in [3.8, 4) is 11.5 Å². The molecular formula is C21H20N2O6S. The fraction of sp³-hybridized carbons (Fsp3) is 0.143. The molecule has 1 N–H and O–H groups in total. The fourth-order valence-electron chi connectivity index (χ4n) is 2.68. The van der Waals surface area contributed by atoms with Gasteiger partial charge in [0, 0.05) is 6.07 Å². The molecule has 3 rings (SSSR count). The van der Waals surface area contributed by atoms with Crippen LogP contribution in [0.25, 0.3) is 0 Å². The van der Waals surface area contributed by atoms with Crippen LogP contribution in [0.5, 0.6) is 11.5 Å². The Bertz CT molecular complexity index is 1120. The Hall–Kier alpha value is -3.59. The third kappa shape index (κ3) is 5.95. The summed E-state index contributed by atoms with van der Waals surface area (Å²) >= 11 is 0. The number of benzene rings is 3. The predicted octanol–water partition coefficient (Wildman–Crippen LogP) is 4.12. The van der Waals surface area contributed by atoms with Crippen molar-refractivity contribution in [2.75, 3.05) is 11.0 Å². The quantitative estimate of drug-likeness (QED) is 0.406. The second-order valence-electron chi connectivity index (χ2n) is 6.50. The first kappa shape index (κ1) is 21.1. The molecule has 156 valence electrons. The van der Waals surface area contributed by atoms with E-state index in [9.17, 15) is 18.5 Å². The molecule has 0 spiro atoms. The zero-order valence-electron chi connectivity index (χ0n) is 16.1. The van der Waals surface area contributed by atoms with Crippen LogP contribution < -0.4 is 14.2 Å². The minimum atomic E-state index is -3.65. The zero-order valence-corrected chi connectivity index (χ0v) is 17.0. The molecule has 0 heterocycles. The Kier molecular flexibility index (Phi) is 6.53. The van der Waals surface area contributed by atoms with E-state index >= 15 is 0 Å². The molecule has 9 heteroatoms. The van der Waals surface area contributed by atoms with Gasteiger partial charge in [0.25, 0.3) is 0 Å². The van der Waals surface area contributed by atoms with Crippen LogP contribution in [0.3, 0.4) is 0 Å². The van der Waals surface area contributed by atoms with Crippen LogP contribution in [-0.2, 0) is 23.2 Å². The number of rotatable bonds is 9. The van der Waals surface area contributed by atoms with Crippen LogP contribution in [0.2, 0.25) is 0 Å². The van der Waals surface area contributed by atoms with Crippen LogP contribution in [0.15, 0.2) is 72.8 Å². The summed E-state index contributed by atoms with van der Waals surface area (Å²) in [5, 5.41) is 11.6. The Morgan fingerprint density at radius 3 is 1.83 bits per heavy atom. The van der Waals surface area contributed by atoms with Gasteiger partial charge in [-0.3, -0.25) is 14.8 Å². The van der Waals surface area contributed by atoms with Gasteiger partial charge in [-0.15, -0.1) is 0 Å². The van der Waals surface area contributed by atoms with E-state index in [0.717, 1.165) is 23.4 Å². The minimum absolute atomic E-state index is 0.0306. The number of hydrogen-bond acceptors (Lipinski definition) is 6. The Morgan fingerprint density at radius 2 is 1.37 bits per heavy atom. The van der Waals surface area contributed by atoms with Crippen molar-refractivity contribution >= 4 is 21.4 Å². The van der Waals surface area contributed by atoms with Gasteiger partial charge in [0.05, 0.1) is 22.9 Å². The highest BCUT2D eigenvalue weighted by atomic mass is 32.2. The second-order valence-corrected chi connectivity index (χ2v) is 8.24. The molecule has 0 atom stereocenters. The molecule has 3 aromatic rings. The van der Waals surface area contributed by atoms with Crippen molar-refractivity contribution in [1.29, 1.82) is 0 Å². The van der Waals surface area contributed by atoms with Crippen LogP contribution in [0, 0.1) is 10.1 Å². The molecule has 0 amide bonds. The number of nitro groups is 1. The molecule has 0 fully saturated rings. The second kappa shape index (κ2) is 9.27. The van der Waals surface area contributed by atoms with Crippen LogP contribution in [-0.4, -0.2) is 19.6 Å². The average Bonchev–Trinajstić information content (AvgIpc) is 2.71. The summed E-state index contributed by atoms with van der Waals surface area (Å²) in [6.45, 7) is 0.199. The lowest BCUT2D eigenvalue weighted by molar-refractivity contribution is -0.386. The highest BCUT2D eigenvalue weighted by Gasteiger charge is 2.22. The lowest BCUT2D eigenvalue weighted by atomic mass is 10.2. The van der Waals surface area contributed by atoms with Gasteiger partial charge in [-0.25, -0.2) is 8.42 Å². The fourth-order valence-corrected chi connectivity index (χ4v) is 3.24. The number of sulfonamides is 1. The third-order valence-corrected chi connectivity index (χ3v) is 4.62. The van der Waals surface area contributed by atoms with E-state index in [2.05, 4.69) is 4.72 Å². The molecule has 0 unspecified atom stereocenters. The van der Waals surface area contributed by atoms with Crippen molar-refractivity contribution in [3.63, 3.8) is 0 Å². The summed E-state index contributed by atoms with van der Waals surface area (Å²) in [6, 6.07) is 20.7. The lowest BCUT2D eigenvalue weighted by Gasteiger charge is -2.15. The van der Waals surface area contributed by atoms with Crippen LogP contribution in [0.1, 0.15) is 11.1 Å². The molecule has 30 heavy (non-hydrogen) atoms. The molecule has 0 bridgehead atoms. The maximum atomic E-state index is 11.8. The van der Waals surface area contributed by atoms with E-state index in [4.69, 9.17) is 9.47 Å². The summed E-state index contributed by atoms with van der Waals surface area (Å²) in [6.07, 6.45) is 0.986. The van der Waals surface area contributed by atoms with Gasteiger partial charge >= 0.3 is 5.69 Å². The van der Waals surface area contributed by atoms with E-state index < -0.39 is 14.9 Å². The number of ether oxygens (including phenoxy) is 2. The Morgan fingerprint density at radius 1 is 0.867 bits per heavy atom. The van der Waals surface area contributed by atoms with Crippen molar-refractivity contribution in [1.82, 2.24) is 0 Å². The van der Waals surface area contributed by atoms with E-state index in [1.54, 1.807) is 0 Å². The SMILES string of the molecule is CS(=O)(=O)Nc1cc(OCc2ccccc2)c([N+](=O)[O-])cc1OCc1ccccc1. The molecule has 8 nitrogen and oxygen atoms in total. The van der Waals surface area contributed by atoms with Gasteiger partial charge in [0.15, 0.2) is 11.5 Å². The molecule has 3 aromatic carbocycles. The molecule has 0 aliphatic heterocycles. The van der Waals surface area contributed by atoms with Gasteiger partial charge < -0.3 is 9.47 Å². The highest BCUT2D eigenvalue weighted by molar-refractivity contribution is 7.92. The van der Waals surface area contributed by atoms with E-state index in [0.29, 0.717) is 0 Å². The Labute approximate surface area is 174 Å². The molecule has 0 aliphatic carbocycles. The number of hydrogen-bond donors (Lipinski definition) is 1. The predicted molar refractivity (Wildman–Crippen MR) is 113 cm³/mol. The van der Waals surface area contributed by atoms with Crippen LogP contribution in [0.4, 0.5) is 11.4 Å². The molecule has 0 saturated heterocycles. The standard InChI is InChI=1S/C21H20N2O6S/c1-30(26,27)22-18-12-21(29-15-17-10-6-3-7-11-17)19(23(24)25)13-20(18)28-14-16-8-4-2-5-9-16/h2-13,22H,14-15H2,1H3. The van der Waals surface area contributed by atoms with Gasteiger partial charge in [0.2, 0.25) is 10.0 Å². The number of anilines is 1. The lowest BCUT2D eigenvalue weighted by Crippen LogP contribution is -2.12. The molecular weight excluding hydrogens is 408 g/mol. The number of nitrogens with zero attached hydrogens (tertiary/aromatic N) is 1. The van der Waals surface area contributed by atoms with Gasteiger partial charge in [0.1, 0.15) is 13.2 Å². The number of nitrogens with one attached hydrogen (secondary N) is 1. The van der Waals surface area contributed by atoms with E-state index in [1.165, 1.54) is 6.07 Å². The molecule has 0 saturated carbocycles. The zero-order chi connectivity index (χ0) is 21.6. The summed E-state index contributed by atoms with van der Waals surface area (Å²) < 4.78 is 37.2. The number of nitro benzene ring substituents is 1. The summed E-state index contributed by atoms with van der Waals surface area (Å²) in [4.78, 5) is 11.0. The molecule has 0 aromatic heterocycles. The van der Waals surface area contributed by atoms with Gasteiger partial charge in [-0.05, 0) is 11.1 Å². The molecule has 0 radical (unpaired) electrons. The monoisotopic (exact) mass is 428 g/mol. The molecule has 0 aliphatic rings. The summed E-state index contributed by atoms with van der Waals surface area (Å²) in [7, 11) is -3.65. The maximum absolute atomic E-state index is 11.8. The average molecular weight is 428 g/mol. The first-order valence-electron chi connectivity index (χ1n) is 8.95. The van der Waals surface area contributed by atoms with Crippen LogP contribution >= 0.6 is 0 Å². The first-order valence-corrected chi connectivity index (χ1v) is 10.8. The third-order valence-electron chi connectivity index (χ3n) is 4.03. The summed E-state index contributed by atoms with van der Waals surface area (Å²) in [5.74, 6) is -0.0369. The normalized spacial score (nSPS) is 11.0. The van der Waals surface area contributed by atoms with Crippen molar-refractivity contribution in [2.45, 2.75) is 13.2 Å². The van der Waals surface area contributed by atoms with Gasteiger partial charge in [-0.1, -0.05) is 60.7 Å².